The zero-order valence-electron chi connectivity index (χ0n) is 10.1. The lowest BCUT2D eigenvalue weighted by Crippen LogP contribution is -2.01. The first-order chi connectivity index (χ1) is 8.77. The minimum atomic E-state index is -0.599. The number of halogens is 1. The fraction of sp³-hybridized carbons (Fsp3) is 0.250. The molecular formula is C16H15FO. The topological polar surface area (TPSA) is 20.2 Å². The van der Waals surface area contributed by atoms with Gasteiger partial charge >= 0.3 is 0 Å². The van der Waals surface area contributed by atoms with E-state index in [-0.39, 0.29) is 5.82 Å². The first-order valence-electron chi connectivity index (χ1n) is 6.31. The number of rotatable bonds is 2. The quantitative estimate of drug-likeness (QED) is 0.785. The summed E-state index contributed by atoms with van der Waals surface area (Å²) in [6.07, 6.45) is 4.57. The number of hydrogen-bond acceptors (Lipinski definition) is 1. The van der Waals surface area contributed by atoms with E-state index in [1.165, 1.54) is 6.07 Å². The van der Waals surface area contributed by atoms with Gasteiger partial charge in [0.25, 0.3) is 0 Å². The molecule has 2 heteroatoms. The Balaban J connectivity index is 2.14. The highest BCUT2D eigenvalue weighted by molar-refractivity contribution is 5.86. The van der Waals surface area contributed by atoms with Crippen molar-refractivity contribution in [3.63, 3.8) is 0 Å². The van der Waals surface area contributed by atoms with Crippen LogP contribution in [0.1, 0.15) is 30.9 Å². The van der Waals surface area contributed by atoms with E-state index in [1.54, 1.807) is 12.1 Å². The third kappa shape index (κ3) is 1.83. The third-order valence-electron chi connectivity index (χ3n) is 3.63. The second-order valence-corrected chi connectivity index (χ2v) is 4.76. The van der Waals surface area contributed by atoms with Gasteiger partial charge in [0.05, 0.1) is 0 Å². The van der Waals surface area contributed by atoms with Crippen LogP contribution < -0.4 is 0 Å². The van der Waals surface area contributed by atoms with Crippen LogP contribution in [0.25, 0.3) is 10.8 Å². The summed E-state index contributed by atoms with van der Waals surface area (Å²) in [5, 5.41) is 11.8. The lowest BCUT2D eigenvalue weighted by atomic mass is 9.95. The summed E-state index contributed by atoms with van der Waals surface area (Å²) in [5.41, 5.74) is 1.87. The van der Waals surface area contributed by atoms with Crippen LogP contribution in [0.3, 0.4) is 0 Å². The van der Waals surface area contributed by atoms with E-state index in [1.807, 2.05) is 18.2 Å². The summed E-state index contributed by atoms with van der Waals surface area (Å²) in [6.45, 7) is 0. The van der Waals surface area contributed by atoms with Gasteiger partial charge in [-0.15, -0.1) is 0 Å². The predicted octanol–water partition coefficient (Wildman–Crippen LogP) is 4.12. The van der Waals surface area contributed by atoms with Crippen LogP contribution in [0.5, 0.6) is 0 Å². The molecule has 18 heavy (non-hydrogen) atoms. The number of aliphatic hydroxyl groups is 1. The van der Waals surface area contributed by atoms with Gasteiger partial charge in [-0.1, -0.05) is 36.4 Å². The van der Waals surface area contributed by atoms with Gasteiger partial charge in [0, 0.05) is 5.39 Å². The predicted molar refractivity (Wildman–Crippen MR) is 70.8 cm³/mol. The van der Waals surface area contributed by atoms with Gasteiger partial charge in [-0.2, -0.15) is 0 Å². The molecule has 2 aromatic carbocycles. The minimum Gasteiger partial charge on any atom is -0.384 e. The van der Waals surface area contributed by atoms with Gasteiger partial charge < -0.3 is 5.11 Å². The van der Waals surface area contributed by atoms with Crippen molar-refractivity contribution in [2.24, 2.45) is 0 Å². The Morgan fingerprint density at radius 2 is 1.83 bits per heavy atom. The van der Waals surface area contributed by atoms with Crippen LogP contribution >= 0.6 is 0 Å². The first-order valence-corrected chi connectivity index (χ1v) is 6.31. The molecule has 1 aliphatic rings. The summed E-state index contributed by atoms with van der Waals surface area (Å²) in [5.74, 6) is -0.234. The van der Waals surface area contributed by atoms with Crippen molar-refractivity contribution in [1.29, 1.82) is 0 Å². The summed E-state index contributed by atoms with van der Waals surface area (Å²) in [7, 11) is 0. The van der Waals surface area contributed by atoms with Crippen molar-refractivity contribution in [2.75, 3.05) is 0 Å². The van der Waals surface area contributed by atoms with Crippen molar-refractivity contribution in [3.8, 4) is 0 Å². The molecule has 1 aliphatic carbocycles. The van der Waals surface area contributed by atoms with Gasteiger partial charge in [-0.25, -0.2) is 4.39 Å². The Morgan fingerprint density at radius 3 is 2.56 bits per heavy atom. The van der Waals surface area contributed by atoms with Crippen molar-refractivity contribution in [3.05, 3.63) is 59.4 Å². The zero-order chi connectivity index (χ0) is 12.5. The summed E-state index contributed by atoms with van der Waals surface area (Å²) >= 11 is 0. The first kappa shape index (κ1) is 11.4. The molecule has 3 rings (SSSR count). The molecule has 0 bridgehead atoms. The van der Waals surface area contributed by atoms with Crippen LogP contribution in [-0.2, 0) is 0 Å². The Hall–Kier alpha value is -1.67. The number of hydrogen-bond donors (Lipinski definition) is 1. The molecule has 0 fully saturated rings. The SMILES string of the molecule is OC(C1=CCCC1)c1ccc(F)c2ccccc12. The van der Waals surface area contributed by atoms with Crippen LogP contribution in [0.2, 0.25) is 0 Å². The molecule has 1 atom stereocenters. The second kappa shape index (κ2) is 4.54. The summed E-state index contributed by atoms with van der Waals surface area (Å²) in [6, 6.07) is 10.5. The number of aliphatic hydroxyl groups excluding tert-OH is 1. The molecule has 1 N–H and O–H groups in total. The Bertz CT molecular complexity index is 616. The van der Waals surface area contributed by atoms with E-state index in [4.69, 9.17) is 0 Å². The highest BCUT2D eigenvalue weighted by Crippen LogP contribution is 2.34. The number of allylic oxidation sites excluding steroid dienone is 1. The van der Waals surface area contributed by atoms with Gasteiger partial charge in [0.1, 0.15) is 11.9 Å². The normalized spacial score (nSPS) is 16.9. The second-order valence-electron chi connectivity index (χ2n) is 4.76. The van der Waals surface area contributed by atoms with Crippen molar-refractivity contribution < 1.29 is 9.50 Å². The standard InChI is InChI=1S/C16H15FO/c17-15-10-9-14(12-7-3-4-8-13(12)15)16(18)11-5-1-2-6-11/h3-5,7-10,16,18H,1-2,6H2. The molecule has 92 valence electrons. The van der Waals surface area contributed by atoms with Gasteiger partial charge in [0.2, 0.25) is 0 Å². The fourth-order valence-corrected chi connectivity index (χ4v) is 2.67. The van der Waals surface area contributed by atoms with Crippen LogP contribution in [0, 0.1) is 5.82 Å². The molecule has 0 heterocycles. The zero-order valence-corrected chi connectivity index (χ0v) is 10.1. The highest BCUT2D eigenvalue weighted by Gasteiger charge is 2.19. The van der Waals surface area contributed by atoms with E-state index in [2.05, 4.69) is 6.08 Å². The van der Waals surface area contributed by atoms with E-state index in [0.29, 0.717) is 5.39 Å². The lowest BCUT2D eigenvalue weighted by Gasteiger charge is -2.15. The van der Waals surface area contributed by atoms with E-state index in [9.17, 15) is 9.50 Å². The molecule has 1 unspecified atom stereocenters. The van der Waals surface area contributed by atoms with Gasteiger partial charge in [0.15, 0.2) is 0 Å². The minimum absolute atomic E-state index is 0.234. The molecule has 0 aromatic heterocycles. The average Bonchev–Trinajstić information content (AvgIpc) is 2.93. The van der Waals surface area contributed by atoms with E-state index in [0.717, 1.165) is 35.8 Å². The largest absolute Gasteiger partial charge is 0.384 e. The van der Waals surface area contributed by atoms with E-state index >= 15 is 0 Å². The van der Waals surface area contributed by atoms with Gasteiger partial charge in [-0.05, 0) is 41.9 Å². The maximum atomic E-state index is 13.7. The molecule has 0 spiro atoms. The Kier molecular flexibility index (Phi) is 2.88. The number of benzene rings is 2. The Labute approximate surface area is 106 Å². The van der Waals surface area contributed by atoms with Gasteiger partial charge in [-0.3, -0.25) is 0 Å². The molecule has 0 amide bonds. The summed E-state index contributed by atoms with van der Waals surface area (Å²) in [4.78, 5) is 0. The van der Waals surface area contributed by atoms with Crippen molar-refractivity contribution in [2.45, 2.75) is 25.4 Å². The highest BCUT2D eigenvalue weighted by atomic mass is 19.1. The molecule has 0 saturated heterocycles. The molecule has 0 saturated carbocycles. The molecule has 0 radical (unpaired) electrons. The fourth-order valence-electron chi connectivity index (χ4n) is 2.67. The average molecular weight is 242 g/mol. The molecule has 0 aliphatic heterocycles. The maximum absolute atomic E-state index is 13.7. The smallest absolute Gasteiger partial charge is 0.131 e. The molecule has 1 nitrogen and oxygen atoms in total. The Morgan fingerprint density at radius 1 is 1.06 bits per heavy atom. The van der Waals surface area contributed by atoms with Crippen molar-refractivity contribution in [1.82, 2.24) is 0 Å². The van der Waals surface area contributed by atoms with Crippen molar-refractivity contribution >= 4 is 10.8 Å². The van der Waals surface area contributed by atoms with Crippen LogP contribution in [0.4, 0.5) is 4.39 Å². The van der Waals surface area contributed by atoms with Crippen LogP contribution in [-0.4, -0.2) is 5.11 Å². The van der Waals surface area contributed by atoms with Crippen LogP contribution in [0.15, 0.2) is 48.0 Å². The molecule has 2 aromatic rings. The number of fused-ring (bicyclic) bond motifs is 1. The third-order valence-corrected chi connectivity index (χ3v) is 3.63. The molecular weight excluding hydrogens is 227 g/mol. The van der Waals surface area contributed by atoms with E-state index < -0.39 is 6.10 Å². The summed E-state index contributed by atoms with van der Waals surface area (Å²) < 4.78 is 13.7. The lowest BCUT2D eigenvalue weighted by molar-refractivity contribution is 0.214. The maximum Gasteiger partial charge on any atom is 0.131 e. The monoisotopic (exact) mass is 242 g/mol.